The summed E-state index contributed by atoms with van der Waals surface area (Å²) in [5.74, 6) is 0.132. The van der Waals surface area contributed by atoms with E-state index in [1.165, 1.54) is 17.2 Å². The highest BCUT2D eigenvalue weighted by Crippen LogP contribution is 2.38. The summed E-state index contributed by atoms with van der Waals surface area (Å²) in [4.78, 5) is 0. The first kappa shape index (κ1) is 13.6. The molecule has 0 aliphatic heterocycles. The van der Waals surface area contributed by atoms with Crippen LogP contribution in [0.3, 0.4) is 0 Å². The van der Waals surface area contributed by atoms with Gasteiger partial charge in [-0.2, -0.15) is 5.26 Å². The van der Waals surface area contributed by atoms with Crippen LogP contribution < -0.4 is 5.32 Å². The van der Waals surface area contributed by atoms with E-state index in [4.69, 9.17) is 5.26 Å². The molecule has 1 saturated carbocycles. The third kappa shape index (κ3) is 2.90. The highest BCUT2D eigenvalue weighted by Gasteiger charge is 2.30. The van der Waals surface area contributed by atoms with Crippen LogP contribution in [0.5, 0.6) is 0 Å². The minimum Gasteiger partial charge on any atom is -0.382 e. The van der Waals surface area contributed by atoms with Gasteiger partial charge in [0.15, 0.2) is 0 Å². The van der Waals surface area contributed by atoms with Gasteiger partial charge in [0, 0.05) is 11.7 Å². The Hall–Kier alpha value is -2.34. The van der Waals surface area contributed by atoms with Crippen molar-refractivity contribution in [1.82, 2.24) is 0 Å². The number of nitrogens with zero attached hydrogens (tertiary/aromatic N) is 1. The van der Waals surface area contributed by atoms with E-state index < -0.39 is 5.82 Å². The second kappa shape index (κ2) is 5.57. The maximum Gasteiger partial charge on any atom is 0.141 e. The van der Waals surface area contributed by atoms with Crippen molar-refractivity contribution in [2.45, 2.75) is 31.7 Å². The molecule has 0 unspecified atom stereocenters. The lowest BCUT2D eigenvalue weighted by molar-refractivity contribution is 0.374. The molecule has 0 spiro atoms. The van der Waals surface area contributed by atoms with Crippen LogP contribution in [0.2, 0.25) is 0 Å². The average Bonchev–Trinajstić information content (AvgIpc) is 2.44. The average molecular weight is 280 g/mol. The van der Waals surface area contributed by atoms with Gasteiger partial charge in [0.1, 0.15) is 11.9 Å². The molecule has 3 rings (SSSR count). The van der Waals surface area contributed by atoms with Crippen molar-refractivity contribution in [3.05, 3.63) is 65.0 Å². The number of nitrogens with one attached hydrogen (secondary N) is 1. The number of rotatable bonds is 3. The zero-order valence-electron chi connectivity index (χ0n) is 11.9. The van der Waals surface area contributed by atoms with Crippen molar-refractivity contribution in [2.24, 2.45) is 0 Å². The second-order valence-corrected chi connectivity index (χ2v) is 5.73. The molecule has 0 aromatic heterocycles. The number of halogens is 1. The first-order valence-electron chi connectivity index (χ1n) is 7.18. The Labute approximate surface area is 124 Å². The van der Waals surface area contributed by atoms with Crippen LogP contribution in [-0.4, -0.2) is 6.04 Å². The van der Waals surface area contributed by atoms with Gasteiger partial charge in [0.2, 0.25) is 0 Å². The predicted molar refractivity (Wildman–Crippen MR) is 81.7 cm³/mol. The largest absolute Gasteiger partial charge is 0.382 e. The highest BCUT2D eigenvalue weighted by atomic mass is 19.1. The number of hydrogen-bond acceptors (Lipinski definition) is 2. The number of hydrogen-bond donors (Lipinski definition) is 1. The molecule has 3 heteroatoms. The minimum atomic E-state index is -0.464. The zero-order valence-corrected chi connectivity index (χ0v) is 11.9. The Kier molecular flexibility index (Phi) is 3.62. The van der Waals surface area contributed by atoms with Gasteiger partial charge in [0.25, 0.3) is 0 Å². The van der Waals surface area contributed by atoms with E-state index >= 15 is 0 Å². The van der Waals surface area contributed by atoms with Crippen molar-refractivity contribution in [3.8, 4) is 6.07 Å². The van der Waals surface area contributed by atoms with Gasteiger partial charge in [-0.05, 0) is 49.4 Å². The molecule has 2 aromatic rings. The van der Waals surface area contributed by atoms with Gasteiger partial charge in [-0.25, -0.2) is 4.39 Å². The lowest BCUT2D eigenvalue weighted by Gasteiger charge is -2.37. The van der Waals surface area contributed by atoms with Gasteiger partial charge in [0.05, 0.1) is 5.56 Å². The van der Waals surface area contributed by atoms with Crippen molar-refractivity contribution < 1.29 is 4.39 Å². The first-order valence-corrected chi connectivity index (χ1v) is 7.18. The van der Waals surface area contributed by atoms with E-state index in [1.807, 2.05) is 6.07 Å². The maximum atomic E-state index is 13.3. The summed E-state index contributed by atoms with van der Waals surface area (Å²) in [6.07, 6.45) is 2.14. The van der Waals surface area contributed by atoms with Crippen LogP contribution in [0.4, 0.5) is 10.1 Å². The normalized spacial score (nSPS) is 20.4. The molecule has 21 heavy (non-hydrogen) atoms. The minimum absolute atomic E-state index is 0.0922. The first-order chi connectivity index (χ1) is 10.2. The SMILES string of the molecule is Cc1cccc(C2CC(Nc3ccc(F)c(C#N)c3)C2)c1. The Morgan fingerprint density at radius 1 is 1.19 bits per heavy atom. The molecule has 0 amide bonds. The summed E-state index contributed by atoms with van der Waals surface area (Å²) >= 11 is 0. The second-order valence-electron chi connectivity index (χ2n) is 5.73. The maximum absolute atomic E-state index is 13.3. The highest BCUT2D eigenvalue weighted by molar-refractivity contribution is 5.51. The molecule has 106 valence electrons. The lowest BCUT2D eigenvalue weighted by Crippen LogP contribution is -2.34. The molecule has 1 fully saturated rings. The molecule has 0 saturated heterocycles. The quantitative estimate of drug-likeness (QED) is 0.906. The summed E-state index contributed by atoms with van der Waals surface area (Å²) in [6.45, 7) is 2.11. The van der Waals surface area contributed by atoms with Crippen LogP contribution in [-0.2, 0) is 0 Å². The van der Waals surface area contributed by atoms with E-state index in [1.54, 1.807) is 12.1 Å². The lowest BCUT2D eigenvalue weighted by atomic mass is 9.75. The van der Waals surface area contributed by atoms with E-state index in [-0.39, 0.29) is 5.56 Å². The summed E-state index contributed by atoms with van der Waals surface area (Å²) < 4.78 is 13.3. The van der Waals surface area contributed by atoms with Gasteiger partial charge in [-0.1, -0.05) is 29.8 Å². The molecule has 0 atom stereocenters. The Morgan fingerprint density at radius 3 is 2.71 bits per heavy atom. The summed E-state index contributed by atoms with van der Waals surface area (Å²) in [5.41, 5.74) is 3.60. The molecule has 1 aliphatic rings. The smallest absolute Gasteiger partial charge is 0.141 e. The molecule has 2 nitrogen and oxygen atoms in total. The molecule has 2 aromatic carbocycles. The third-order valence-electron chi connectivity index (χ3n) is 4.11. The van der Waals surface area contributed by atoms with Crippen LogP contribution >= 0.6 is 0 Å². The number of anilines is 1. The van der Waals surface area contributed by atoms with Gasteiger partial charge in [-0.3, -0.25) is 0 Å². The molecular formula is C18H17FN2. The number of nitriles is 1. The fourth-order valence-corrected chi connectivity index (χ4v) is 2.87. The van der Waals surface area contributed by atoms with Crippen LogP contribution in [0, 0.1) is 24.1 Å². The van der Waals surface area contributed by atoms with E-state index in [0.717, 1.165) is 18.5 Å². The van der Waals surface area contributed by atoms with Gasteiger partial charge >= 0.3 is 0 Å². The Bertz CT molecular complexity index is 697. The number of benzene rings is 2. The van der Waals surface area contributed by atoms with Crippen molar-refractivity contribution in [2.75, 3.05) is 5.32 Å². The Balaban J connectivity index is 1.61. The molecule has 0 radical (unpaired) electrons. The fourth-order valence-electron chi connectivity index (χ4n) is 2.87. The Morgan fingerprint density at radius 2 is 2.00 bits per heavy atom. The standard InChI is InChI=1S/C18H17FN2/c1-12-3-2-4-13(7-12)14-8-17(9-14)21-16-5-6-18(19)15(10-16)11-20/h2-7,10,14,17,21H,8-9H2,1H3. The van der Waals surface area contributed by atoms with Crippen molar-refractivity contribution in [1.29, 1.82) is 5.26 Å². The monoisotopic (exact) mass is 280 g/mol. The van der Waals surface area contributed by atoms with Crippen molar-refractivity contribution in [3.63, 3.8) is 0 Å². The van der Waals surface area contributed by atoms with Gasteiger partial charge in [-0.15, -0.1) is 0 Å². The summed E-state index contributed by atoms with van der Waals surface area (Å²) in [5, 5.41) is 12.2. The van der Waals surface area contributed by atoms with Crippen molar-refractivity contribution >= 4 is 5.69 Å². The zero-order chi connectivity index (χ0) is 14.8. The molecule has 0 heterocycles. The predicted octanol–water partition coefficient (Wildman–Crippen LogP) is 4.36. The van der Waals surface area contributed by atoms with Crippen LogP contribution in [0.15, 0.2) is 42.5 Å². The van der Waals surface area contributed by atoms with Crippen LogP contribution in [0.25, 0.3) is 0 Å². The third-order valence-corrected chi connectivity index (χ3v) is 4.11. The van der Waals surface area contributed by atoms with E-state index in [9.17, 15) is 4.39 Å². The topological polar surface area (TPSA) is 35.8 Å². The molecule has 0 bridgehead atoms. The van der Waals surface area contributed by atoms with Gasteiger partial charge < -0.3 is 5.32 Å². The summed E-state index contributed by atoms with van der Waals surface area (Å²) in [7, 11) is 0. The summed E-state index contributed by atoms with van der Waals surface area (Å²) in [6, 6.07) is 15.5. The fraction of sp³-hybridized carbons (Fsp3) is 0.278. The molecular weight excluding hydrogens is 263 g/mol. The van der Waals surface area contributed by atoms with E-state index in [0.29, 0.717) is 12.0 Å². The van der Waals surface area contributed by atoms with Crippen LogP contribution in [0.1, 0.15) is 35.4 Å². The number of aryl methyl sites for hydroxylation is 1. The molecule has 1 aliphatic carbocycles. The van der Waals surface area contributed by atoms with E-state index in [2.05, 4.69) is 36.5 Å². The molecule has 1 N–H and O–H groups in total.